The van der Waals surface area contributed by atoms with Gasteiger partial charge in [0.1, 0.15) is 11.5 Å². The molecule has 0 saturated heterocycles. The highest BCUT2D eigenvalue weighted by Gasteiger charge is 2.11. The van der Waals surface area contributed by atoms with Gasteiger partial charge in [-0.25, -0.2) is 4.98 Å². The van der Waals surface area contributed by atoms with Crippen LogP contribution in [0.3, 0.4) is 0 Å². The Hall–Kier alpha value is -3.87. The fourth-order valence-electron chi connectivity index (χ4n) is 2.84. The van der Waals surface area contributed by atoms with Gasteiger partial charge in [-0.05, 0) is 67.1 Å². The number of amides is 1. The lowest BCUT2D eigenvalue weighted by molar-refractivity contribution is -0.118. The minimum atomic E-state index is -0.247. The number of hydrogen-bond donors (Lipinski definition) is 1. The molecule has 0 aliphatic carbocycles. The van der Waals surface area contributed by atoms with Crippen molar-refractivity contribution >= 4 is 22.8 Å². The van der Waals surface area contributed by atoms with Gasteiger partial charge in [0.25, 0.3) is 5.91 Å². The van der Waals surface area contributed by atoms with Crippen LogP contribution in [0.2, 0.25) is 0 Å². The Morgan fingerprint density at radius 1 is 1.10 bits per heavy atom. The smallest absolute Gasteiger partial charge is 0.262 e. The largest absolute Gasteiger partial charge is 0.497 e. The molecule has 0 radical (unpaired) electrons. The van der Waals surface area contributed by atoms with E-state index in [9.17, 15) is 4.79 Å². The molecule has 0 unspecified atom stereocenters. The number of ether oxygens (including phenoxy) is 2. The molecule has 146 valence electrons. The number of nitrogens with zero attached hydrogens (tertiary/aromatic N) is 2. The van der Waals surface area contributed by atoms with Gasteiger partial charge in [-0.3, -0.25) is 4.79 Å². The van der Waals surface area contributed by atoms with Crippen LogP contribution in [0.25, 0.3) is 22.7 Å². The van der Waals surface area contributed by atoms with Gasteiger partial charge in [-0.2, -0.15) is 4.98 Å². The Balaban J connectivity index is 1.41. The predicted molar refractivity (Wildman–Crippen MR) is 109 cm³/mol. The lowest BCUT2D eigenvalue weighted by atomic mass is 10.1. The summed E-state index contributed by atoms with van der Waals surface area (Å²) in [6.45, 7) is 1.81. The molecule has 7 nitrogen and oxygen atoms in total. The minimum Gasteiger partial charge on any atom is -0.497 e. The molecule has 0 fully saturated rings. The maximum Gasteiger partial charge on any atom is 0.262 e. The summed E-state index contributed by atoms with van der Waals surface area (Å²) >= 11 is 0. The van der Waals surface area contributed by atoms with Crippen LogP contribution in [-0.4, -0.2) is 29.6 Å². The second-order valence-electron chi connectivity index (χ2n) is 6.39. The van der Waals surface area contributed by atoms with Gasteiger partial charge >= 0.3 is 0 Å². The van der Waals surface area contributed by atoms with E-state index in [-0.39, 0.29) is 12.5 Å². The van der Waals surface area contributed by atoms with Crippen LogP contribution in [0, 0.1) is 6.92 Å². The fourth-order valence-corrected chi connectivity index (χ4v) is 2.84. The van der Waals surface area contributed by atoms with Crippen molar-refractivity contribution in [3.8, 4) is 23.0 Å². The van der Waals surface area contributed by atoms with Crippen molar-refractivity contribution in [3.63, 3.8) is 0 Å². The van der Waals surface area contributed by atoms with E-state index >= 15 is 0 Å². The summed E-state index contributed by atoms with van der Waals surface area (Å²) in [5.41, 5.74) is 3.59. The highest BCUT2D eigenvalue weighted by Crippen LogP contribution is 2.27. The Morgan fingerprint density at radius 3 is 2.62 bits per heavy atom. The molecule has 2 aromatic carbocycles. The second kappa shape index (κ2) is 8.02. The summed E-state index contributed by atoms with van der Waals surface area (Å²) in [6.07, 6.45) is 1.67. The van der Waals surface area contributed by atoms with E-state index in [0.717, 1.165) is 16.9 Å². The molecule has 0 aliphatic heterocycles. The molecule has 29 heavy (non-hydrogen) atoms. The van der Waals surface area contributed by atoms with Gasteiger partial charge in [0.05, 0.1) is 7.11 Å². The molecule has 0 spiro atoms. The number of rotatable bonds is 6. The van der Waals surface area contributed by atoms with E-state index in [4.69, 9.17) is 13.9 Å². The third-order valence-corrected chi connectivity index (χ3v) is 4.34. The van der Waals surface area contributed by atoms with Gasteiger partial charge in [0.2, 0.25) is 5.89 Å². The van der Waals surface area contributed by atoms with Gasteiger partial charge in [-0.15, -0.1) is 0 Å². The van der Waals surface area contributed by atoms with Crippen molar-refractivity contribution in [2.75, 3.05) is 19.0 Å². The van der Waals surface area contributed by atoms with Gasteiger partial charge in [-0.1, -0.05) is 0 Å². The summed E-state index contributed by atoms with van der Waals surface area (Å²) < 4.78 is 16.3. The lowest BCUT2D eigenvalue weighted by Gasteiger charge is -2.10. The van der Waals surface area contributed by atoms with Crippen molar-refractivity contribution in [3.05, 3.63) is 66.4 Å². The zero-order valence-electron chi connectivity index (χ0n) is 16.0. The molecule has 2 aromatic heterocycles. The average molecular weight is 389 g/mol. The van der Waals surface area contributed by atoms with Gasteiger partial charge in [0, 0.05) is 17.4 Å². The first-order chi connectivity index (χ1) is 14.1. The maximum atomic E-state index is 12.2. The monoisotopic (exact) mass is 389 g/mol. The van der Waals surface area contributed by atoms with E-state index in [1.165, 1.54) is 0 Å². The first-order valence-corrected chi connectivity index (χ1v) is 9.01. The molecule has 0 atom stereocenters. The van der Waals surface area contributed by atoms with Crippen LogP contribution in [0.5, 0.6) is 11.5 Å². The molecule has 1 N–H and O–H groups in total. The highest BCUT2D eigenvalue weighted by atomic mass is 16.5. The first kappa shape index (κ1) is 18.5. The quantitative estimate of drug-likeness (QED) is 0.531. The van der Waals surface area contributed by atoms with Crippen LogP contribution in [-0.2, 0) is 4.79 Å². The number of anilines is 1. The van der Waals surface area contributed by atoms with Crippen LogP contribution >= 0.6 is 0 Å². The molecule has 0 aliphatic rings. The number of pyridine rings is 1. The SMILES string of the molecule is COc1ccc(OCC(=O)Nc2ccc(-c3nc4ncccc4o3)cc2C)cc1. The molecule has 0 bridgehead atoms. The molecular formula is C22H19N3O4. The number of aryl methyl sites for hydroxylation is 1. The van der Waals surface area contributed by atoms with Crippen LogP contribution in [0.4, 0.5) is 5.69 Å². The van der Waals surface area contributed by atoms with E-state index in [1.807, 2.05) is 31.2 Å². The third kappa shape index (κ3) is 4.19. The molecule has 1 amide bonds. The Morgan fingerprint density at radius 2 is 1.90 bits per heavy atom. The van der Waals surface area contributed by atoms with Crippen molar-refractivity contribution in [1.82, 2.24) is 9.97 Å². The van der Waals surface area contributed by atoms with Crippen molar-refractivity contribution in [1.29, 1.82) is 0 Å². The first-order valence-electron chi connectivity index (χ1n) is 9.01. The van der Waals surface area contributed by atoms with Crippen LogP contribution in [0.15, 0.2) is 65.2 Å². The summed E-state index contributed by atoms with van der Waals surface area (Å²) in [5.74, 6) is 1.56. The summed E-state index contributed by atoms with van der Waals surface area (Å²) in [7, 11) is 1.60. The van der Waals surface area contributed by atoms with Crippen molar-refractivity contribution in [2.24, 2.45) is 0 Å². The van der Waals surface area contributed by atoms with Gasteiger partial charge < -0.3 is 19.2 Å². The lowest BCUT2D eigenvalue weighted by Crippen LogP contribution is -2.20. The molecule has 2 heterocycles. The molecule has 4 rings (SSSR count). The Kier molecular flexibility index (Phi) is 5.11. The van der Waals surface area contributed by atoms with E-state index in [0.29, 0.717) is 28.6 Å². The minimum absolute atomic E-state index is 0.0929. The number of aromatic nitrogens is 2. The number of nitrogens with one attached hydrogen (secondary N) is 1. The number of fused-ring (bicyclic) bond motifs is 1. The second-order valence-corrected chi connectivity index (χ2v) is 6.39. The average Bonchev–Trinajstić information content (AvgIpc) is 3.18. The van der Waals surface area contributed by atoms with Crippen molar-refractivity contribution in [2.45, 2.75) is 6.92 Å². The summed E-state index contributed by atoms with van der Waals surface area (Å²) in [6, 6.07) is 16.2. The Labute approximate surface area is 167 Å². The maximum absolute atomic E-state index is 12.2. The molecule has 4 aromatic rings. The number of methoxy groups -OCH3 is 1. The number of oxazole rings is 1. The predicted octanol–water partition coefficient (Wildman–Crippen LogP) is 4.22. The van der Waals surface area contributed by atoms with Crippen LogP contribution < -0.4 is 14.8 Å². The third-order valence-electron chi connectivity index (χ3n) is 4.34. The van der Waals surface area contributed by atoms with Crippen LogP contribution in [0.1, 0.15) is 5.56 Å². The number of hydrogen-bond acceptors (Lipinski definition) is 6. The summed E-state index contributed by atoms with van der Waals surface area (Å²) in [4.78, 5) is 20.8. The van der Waals surface area contributed by atoms with E-state index in [2.05, 4.69) is 15.3 Å². The zero-order chi connectivity index (χ0) is 20.2. The standard InChI is InChI=1S/C22H19N3O4/c1-14-12-15(22-25-21-19(29-22)4-3-11-23-21)5-10-18(14)24-20(26)13-28-17-8-6-16(27-2)7-9-17/h3-12H,13H2,1-2H3,(H,24,26). The number of carbonyl (C=O) groups is 1. The zero-order valence-corrected chi connectivity index (χ0v) is 16.0. The fraction of sp³-hybridized carbons (Fsp3) is 0.136. The topological polar surface area (TPSA) is 86.5 Å². The van der Waals surface area contributed by atoms with E-state index in [1.54, 1.807) is 43.6 Å². The highest BCUT2D eigenvalue weighted by molar-refractivity contribution is 5.93. The van der Waals surface area contributed by atoms with Gasteiger partial charge in [0.15, 0.2) is 17.8 Å². The Bertz CT molecular complexity index is 1120. The number of carbonyl (C=O) groups excluding carboxylic acids is 1. The summed E-state index contributed by atoms with van der Waals surface area (Å²) in [5, 5.41) is 2.86. The normalized spacial score (nSPS) is 10.7. The molecule has 7 heteroatoms. The van der Waals surface area contributed by atoms with E-state index < -0.39 is 0 Å². The number of benzene rings is 2. The molecular weight excluding hydrogens is 370 g/mol. The molecule has 0 saturated carbocycles. The van der Waals surface area contributed by atoms with Crippen molar-refractivity contribution < 1.29 is 18.7 Å².